The summed E-state index contributed by atoms with van der Waals surface area (Å²) in [5, 5.41) is 21.1. The fourth-order valence-corrected chi connectivity index (χ4v) is 7.35. The standard InChI is InChI=1S/C21H32O2/c1-4-21(23)12-11-19(2)14(13-21)5-6-15-16-7-8-18(22)20(16,3)10-9-17(15)19/h1,14-18,22-23H,5-13H2,2-3H3/t14-,15-,16+,17-,18-,19+,20+,21+/m0/s1. The molecule has 0 bridgehead atoms. The Kier molecular flexibility index (Phi) is 3.47. The molecule has 128 valence electrons. The quantitative estimate of drug-likeness (QED) is 0.668. The lowest BCUT2D eigenvalue weighted by Gasteiger charge is -2.61. The van der Waals surface area contributed by atoms with Crippen LogP contribution >= 0.6 is 0 Å². The van der Waals surface area contributed by atoms with Gasteiger partial charge >= 0.3 is 0 Å². The summed E-state index contributed by atoms with van der Waals surface area (Å²) < 4.78 is 0. The normalized spacial score (nSPS) is 58.7. The van der Waals surface area contributed by atoms with E-state index >= 15 is 0 Å². The molecule has 0 aromatic heterocycles. The number of aliphatic hydroxyl groups is 2. The van der Waals surface area contributed by atoms with E-state index in [0.29, 0.717) is 17.3 Å². The van der Waals surface area contributed by atoms with Crippen LogP contribution in [0, 0.1) is 46.8 Å². The van der Waals surface area contributed by atoms with Crippen LogP contribution < -0.4 is 0 Å². The van der Waals surface area contributed by atoms with Gasteiger partial charge in [-0.1, -0.05) is 19.8 Å². The van der Waals surface area contributed by atoms with Crippen molar-refractivity contribution in [2.75, 3.05) is 0 Å². The molecule has 8 atom stereocenters. The molecule has 0 heterocycles. The molecule has 0 radical (unpaired) electrons. The second-order valence-electron chi connectivity index (χ2n) is 9.67. The summed E-state index contributed by atoms with van der Waals surface area (Å²) in [4.78, 5) is 0. The molecule has 0 aromatic rings. The van der Waals surface area contributed by atoms with Crippen LogP contribution in [0.4, 0.5) is 0 Å². The van der Waals surface area contributed by atoms with Crippen molar-refractivity contribution < 1.29 is 10.2 Å². The lowest BCUT2D eigenvalue weighted by Crippen LogP contribution is -2.56. The van der Waals surface area contributed by atoms with E-state index in [1.807, 2.05) is 0 Å². The number of hydrogen-bond acceptors (Lipinski definition) is 2. The van der Waals surface area contributed by atoms with Gasteiger partial charge in [0.1, 0.15) is 5.60 Å². The van der Waals surface area contributed by atoms with Crippen LogP contribution in [-0.2, 0) is 0 Å². The highest BCUT2D eigenvalue weighted by Crippen LogP contribution is 2.66. The Hall–Kier alpha value is -0.520. The SMILES string of the molecule is C#C[C@@]1(O)CC[C@]2(C)[C@@H](CC[C@H]3[C@H]4CC[C@H](O)[C@]4(C)CC[C@@H]32)C1. The minimum Gasteiger partial charge on any atom is -0.393 e. The van der Waals surface area contributed by atoms with E-state index in [2.05, 4.69) is 19.8 Å². The third-order valence-electron chi connectivity index (χ3n) is 8.95. The molecule has 0 unspecified atom stereocenters. The zero-order valence-electron chi connectivity index (χ0n) is 14.7. The fraction of sp³-hybridized carbons (Fsp3) is 0.905. The van der Waals surface area contributed by atoms with Gasteiger partial charge < -0.3 is 10.2 Å². The summed E-state index contributed by atoms with van der Waals surface area (Å²) in [6, 6.07) is 0. The van der Waals surface area contributed by atoms with Gasteiger partial charge in [-0.2, -0.15) is 0 Å². The van der Waals surface area contributed by atoms with E-state index < -0.39 is 5.60 Å². The zero-order valence-corrected chi connectivity index (χ0v) is 14.7. The molecule has 4 aliphatic carbocycles. The van der Waals surface area contributed by atoms with Crippen molar-refractivity contribution in [3.05, 3.63) is 0 Å². The summed E-state index contributed by atoms with van der Waals surface area (Å²) in [7, 11) is 0. The average Bonchev–Trinajstić information content (AvgIpc) is 2.84. The van der Waals surface area contributed by atoms with Crippen LogP contribution in [0.25, 0.3) is 0 Å². The molecule has 4 aliphatic rings. The van der Waals surface area contributed by atoms with Crippen LogP contribution in [-0.4, -0.2) is 21.9 Å². The number of rotatable bonds is 0. The Morgan fingerprint density at radius 1 is 0.913 bits per heavy atom. The smallest absolute Gasteiger partial charge is 0.125 e. The van der Waals surface area contributed by atoms with Crippen molar-refractivity contribution in [1.29, 1.82) is 0 Å². The minimum atomic E-state index is -0.857. The number of hydrogen-bond donors (Lipinski definition) is 2. The third-order valence-corrected chi connectivity index (χ3v) is 8.95. The molecule has 0 saturated heterocycles. The maximum atomic E-state index is 10.6. The van der Waals surface area contributed by atoms with Gasteiger partial charge in [0.05, 0.1) is 6.10 Å². The highest BCUT2D eigenvalue weighted by atomic mass is 16.3. The van der Waals surface area contributed by atoms with Gasteiger partial charge in [-0.05, 0) is 92.3 Å². The second kappa shape index (κ2) is 4.99. The maximum absolute atomic E-state index is 10.6. The van der Waals surface area contributed by atoms with Gasteiger partial charge in [0.25, 0.3) is 0 Å². The Labute approximate surface area is 141 Å². The lowest BCUT2D eigenvalue weighted by atomic mass is 9.44. The van der Waals surface area contributed by atoms with Gasteiger partial charge in [-0.25, -0.2) is 0 Å². The first kappa shape index (κ1) is 16.0. The van der Waals surface area contributed by atoms with E-state index in [9.17, 15) is 10.2 Å². The molecule has 2 N–H and O–H groups in total. The van der Waals surface area contributed by atoms with Gasteiger partial charge in [0, 0.05) is 0 Å². The van der Waals surface area contributed by atoms with Gasteiger partial charge in [-0.15, -0.1) is 6.42 Å². The monoisotopic (exact) mass is 316 g/mol. The lowest BCUT2D eigenvalue weighted by molar-refractivity contribution is -0.143. The molecule has 0 aromatic carbocycles. The largest absolute Gasteiger partial charge is 0.393 e. The minimum absolute atomic E-state index is 0.0862. The highest BCUT2D eigenvalue weighted by molar-refractivity contribution is 5.16. The first-order valence-electron chi connectivity index (χ1n) is 9.71. The van der Waals surface area contributed by atoms with Crippen LogP contribution in [0.3, 0.4) is 0 Å². The van der Waals surface area contributed by atoms with Crippen molar-refractivity contribution in [2.45, 2.75) is 83.3 Å². The number of aliphatic hydroxyl groups excluding tert-OH is 1. The Bertz CT molecular complexity index is 536. The van der Waals surface area contributed by atoms with Crippen molar-refractivity contribution >= 4 is 0 Å². The van der Waals surface area contributed by atoms with Gasteiger partial charge in [0.2, 0.25) is 0 Å². The van der Waals surface area contributed by atoms with Crippen molar-refractivity contribution in [3.8, 4) is 12.3 Å². The molecule has 2 nitrogen and oxygen atoms in total. The molecule has 4 rings (SSSR count). The maximum Gasteiger partial charge on any atom is 0.125 e. The Morgan fingerprint density at radius 3 is 2.39 bits per heavy atom. The van der Waals surface area contributed by atoms with Crippen LogP contribution in [0.5, 0.6) is 0 Å². The summed E-state index contributed by atoms with van der Waals surface area (Å²) in [6.07, 6.45) is 15.3. The summed E-state index contributed by atoms with van der Waals surface area (Å²) in [5.41, 5.74) is -0.344. The Balaban J connectivity index is 1.61. The van der Waals surface area contributed by atoms with E-state index in [0.717, 1.165) is 37.5 Å². The molecule has 0 aliphatic heterocycles. The summed E-state index contributed by atoms with van der Waals surface area (Å²) >= 11 is 0. The first-order chi connectivity index (χ1) is 10.8. The molecule has 2 heteroatoms. The summed E-state index contributed by atoms with van der Waals surface area (Å²) in [6.45, 7) is 4.83. The van der Waals surface area contributed by atoms with Crippen LogP contribution in [0.2, 0.25) is 0 Å². The van der Waals surface area contributed by atoms with E-state index in [4.69, 9.17) is 6.42 Å². The molecule has 4 fully saturated rings. The average molecular weight is 316 g/mol. The predicted molar refractivity (Wildman–Crippen MR) is 91.5 cm³/mol. The van der Waals surface area contributed by atoms with E-state index in [1.165, 1.54) is 32.1 Å². The van der Waals surface area contributed by atoms with Crippen molar-refractivity contribution in [2.24, 2.45) is 34.5 Å². The Morgan fingerprint density at radius 2 is 1.65 bits per heavy atom. The second-order valence-corrected chi connectivity index (χ2v) is 9.67. The molecule has 23 heavy (non-hydrogen) atoms. The van der Waals surface area contributed by atoms with Crippen molar-refractivity contribution in [3.63, 3.8) is 0 Å². The molecular formula is C21H32O2. The first-order valence-corrected chi connectivity index (χ1v) is 9.71. The third kappa shape index (κ3) is 2.09. The van der Waals surface area contributed by atoms with E-state index in [-0.39, 0.29) is 11.5 Å². The highest BCUT2D eigenvalue weighted by Gasteiger charge is 2.60. The summed E-state index contributed by atoms with van der Waals surface area (Å²) in [5.74, 6) is 5.51. The van der Waals surface area contributed by atoms with Crippen LogP contribution in [0.1, 0.15) is 71.6 Å². The van der Waals surface area contributed by atoms with Crippen LogP contribution in [0.15, 0.2) is 0 Å². The van der Waals surface area contributed by atoms with Gasteiger partial charge in [0.15, 0.2) is 0 Å². The van der Waals surface area contributed by atoms with Gasteiger partial charge in [-0.3, -0.25) is 0 Å². The number of terminal acetylenes is 1. The molecule has 4 saturated carbocycles. The number of fused-ring (bicyclic) bond motifs is 5. The topological polar surface area (TPSA) is 40.5 Å². The molecule has 0 amide bonds. The zero-order chi connectivity index (χ0) is 16.5. The molecule has 0 spiro atoms. The molecular weight excluding hydrogens is 284 g/mol. The predicted octanol–water partition coefficient (Wildman–Crippen LogP) is 3.75. The van der Waals surface area contributed by atoms with E-state index in [1.54, 1.807) is 0 Å². The fourth-order valence-electron chi connectivity index (χ4n) is 7.35. The van der Waals surface area contributed by atoms with Crippen molar-refractivity contribution in [1.82, 2.24) is 0 Å².